The zero-order valence-electron chi connectivity index (χ0n) is 33.2. The Hall–Kier alpha value is -4.95. The average molecular weight is 906 g/mol. The summed E-state index contributed by atoms with van der Waals surface area (Å²) < 4.78 is 9.45. The second kappa shape index (κ2) is 17.5. The van der Waals surface area contributed by atoms with Crippen LogP contribution in [0.4, 0.5) is 0 Å². The normalized spacial score (nSPS) is 15.3. The molecule has 0 bridgehead atoms. The maximum absolute atomic E-state index is 9.45. The first-order chi connectivity index (χ1) is 27.5. The van der Waals surface area contributed by atoms with E-state index in [2.05, 4.69) is 133 Å². The van der Waals surface area contributed by atoms with Gasteiger partial charge < -0.3 is 9.97 Å². The standard InChI is InChI=1S/C53H48N2.Ir/c1-37-32-39(18-17-38-19-21-45(22-20-38)52-16-8-9-31-54-52)34-47(33-37)49-15-7-6-14-48(49)43-27-29-46(30-28-43)53-35-50(51(36-55-53)42-12-4-5-13-42)44-25-23-41(24-26-44)40-10-2-3-11-40;/h6-9,14-16,19-21,23-29,31-36,40,42H,2-5,10-13,17-18H2,1H3;/q-2;/i42D;. The number of hydrogen-bond donors (Lipinski definition) is 0. The summed E-state index contributed by atoms with van der Waals surface area (Å²) in [6, 6.07) is 53.1. The van der Waals surface area contributed by atoms with Gasteiger partial charge in [-0.25, -0.2) is 0 Å². The molecule has 7 aromatic rings. The largest absolute Gasteiger partial charge is 0.305 e. The Kier molecular flexibility index (Phi) is 11.4. The number of aryl methyl sites for hydroxylation is 3. The molecule has 5 aromatic carbocycles. The summed E-state index contributed by atoms with van der Waals surface area (Å²) in [6.45, 7) is 2.19. The zero-order valence-corrected chi connectivity index (χ0v) is 34.6. The Morgan fingerprint density at radius 3 is 1.98 bits per heavy atom. The molecule has 2 aromatic heterocycles. The maximum Gasteiger partial charge on any atom is 0.0353 e. The second-order valence-electron chi connectivity index (χ2n) is 15.6. The van der Waals surface area contributed by atoms with Gasteiger partial charge in [-0.05, 0) is 107 Å². The first kappa shape index (κ1) is 36.7. The van der Waals surface area contributed by atoms with Crippen LogP contribution < -0.4 is 0 Å². The molecule has 0 aliphatic heterocycles. The molecule has 3 heteroatoms. The molecule has 0 N–H and O–H groups in total. The first-order valence-corrected chi connectivity index (χ1v) is 20.2. The zero-order chi connectivity index (χ0) is 37.9. The summed E-state index contributed by atoms with van der Waals surface area (Å²) in [5.74, 6) is 0.106. The van der Waals surface area contributed by atoms with Crippen LogP contribution in [0.15, 0.2) is 140 Å². The van der Waals surface area contributed by atoms with Gasteiger partial charge in [-0.3, -0.25) is 0 Å². The summed E-state index contributed by atoms with van der Waals surface area (Å²) in [4.78, 5) is 9.46. The van der Waals surface area contributed by atoms with Gasteiger partial charge in [0.2, 0.25) is 0 Å². The third-order valence-electron chi connectivity index (χ3n) is 11.8. The van der Waals surface area contributed by atoms with Crippen molar-refractivity contribution >= 4 is 0 Å². The van der Waals surface area contributed by atoms with Gasteiger partial charge in [-0.2, -0.15) is 0 Å². The van der Waals surface area contributed by atoms with E-state index in [0.29, 0.717) is 5.92 Å². The van der Waals surface area contributed by atoms with E-state index in [1.807, 2.05) is 30.6 Å². The van der Waals surface area contributed by atoms with Crippen molar-refractivity contribution in [2.24, 2.45) is 0 Å². The van der Waals surface area contributed by atoms with E-state index in [9.17, 15) is 1.37 Å². The number of aromatic nitrogens is 2. The topological polar surface area (TPSA) is 25.8 Å². The third kappa shape index (κ3) is 8.41. The monoisotopic (exact) mass is 906 g/mol. The van der Waals surface area contributed by atoms with Crippen LogP contribution in [0, 0.1) is 19.1 Å². The summed E-state index contributed by atoms with van der Waals surface area (Å²) in [5, 5.41) is 0. The van der Waals surface area contributed by atoms with E-state index >= 15 is 0 Å². The van der Waals surface area contributed by atoms with Crippen molar-refractivity contribution in [1.82, 2.24) is 9.97 Å². The molecule has 9 rings (SSSR count). The van der Waals surface area contributed by atoms with Crippen molar-refractivity contribution in [3.05, 3.63) is 180 Å². The molecule has 1 radical (unpaired) electrons. The van der Waals surface area contributed by atoms with Crippen LogP contribution in [0.25, 0.3) is 55.9 Å². The Balaban J connectivity index is 0.00000455. The fourth-order valence-corrected chi connectivity index (χ4v) is 8.87. The van der Waals surface area contributed by atoms with Crippen LogP contribution in [0.5, 0.6) is 0 Å². The molecule has 0 atom stereocenters. The number of rotatable bonds is 10. The van der Waals surface area contributed by atoms with E-state index in [1.165, 1.54) is 70.2 Å². The smallest absolute Gasteiger partial charge is 0.0353 e. The SMILES string of the molecule is [2H]C1(c2cnc(-c3[c-]cc(-c4ccccc4-c4cc(C)cc(CCc5c[c-]c(-c6ccccn6)cc5)c4)cc3)cc2-c2ccc(C3CCCC3)cc2)CCCC1.[Ir]. The Bertz CT molecular complexity index is 2430. The van der Waals surface area contributed by atoms with Gasteiger partial charge in [0, 0.05) is 33.9 Å². The average Bonchev–Trinajstić information content (AvgIpc) is 3.97. The van der Waals surface area contributed by atoms with Crippen LogP contribution in [-0.2, 0) is 32.9 Å². The van der Waals surface area contributed by atoms with Crippen LogP contribution in [-0.4, -0.2) is 9.97 Å². The molecule has 56 heavy (non-hydrogen) atoms. The molecule has 281 valence electrons. The number of pyridine rings is 2. The van der Waals surface area contributed by atoms with Gasteiger partial charge >= 0.3 is 0 Å². The molecule has 2 aliphatic rings. The number of hydrogen-bond acceptors (Lipinski definition) is 2. The van der Waals surface area contributed by atoms with Crippen molar-refractivity contribution in [3.8, 4) is 55.9 Å². The molecule has 0 unspecified atom stereocenters. The fraction of sp³-hybridized carbons (Fsp3) is 0.245. The predicted molar refractivity (Wildman–Crippen MR) is 228 cm³/mol. The Morgan fingerprint density at radius 2 is 1.27 bits per heavy atom. The third-order valence-corrected chi connectivity index (χ3v) is 11.8. The summed E-state index contributed by atoms with van der Waals surface area (Å²) in [5.41, 5.74) is 17.3. The van der Waals surface area contributed by atoms with Crippen molar-refractivity contribution in [2.75, 3.05) is 0 Å². The van der Waals surface area contributed by atoms with Gasteiger partial charge in [0.05, 0.1) is 0 Å². The predicted octanol–water partition coefficient (Wildman–Crippen LogP) is 13.8. The molecule has 2 fully saturated rings. The van der Waals surface area contributed by atoms with Crippen molar-refractivity contribution in [1.29, 1.82) is 0 Å². The molecule has 2 heterocycles. The van der Waals surface area contributed by atoms with E-state index in [4.69, 9.17) is 4.98 Å². The summed E-state index contributed by atoms with van der Waals surface area (Å²) >= 11 is 0. The van der Waals surface area contributed by atoms with Gasteiger partial charge in [0.25, 0.3) is 0 Å². The summed E-state index contributed by atoms with van der Waals surface area (Å²) in [6.07, 6.45) is 15.0. The van der Waals surface area contributed by atoms with Crippen LogP contribution in [0.2, 0.25) is 0 Å². The second-order valence-corrected chi connectivity index (χ2v) is 15.6. The van der Waals surface area contributed by atoms with E-state index in [-0.39, 0.29) is 20.1 Å². The molecule has 0 amide bonds. The maximum atomic E-state index is 9.45. The van der Waals surface area contributed by atoms with Gasteiger partial charge in [-0.15, -0.1) is 65.2 Å². The van der Waals surface area contributed by atoms with Crippen molar-refractivity contribution in [3.63, 3.8) is 0 Å². The van der Waals surface area contributed by atoms with E-state index < -0.39 is 5.89 Å². The minimum absolute atomic E-state index is 0. The minimum Gasteiger partial charge on any atom is -0.305 e. The molecular weight excluding hydrogens is 857 g/mol. The molecule has 2 nitrogen and oxygen atoms in total. The fourth-order valence-electron chi connectivity index (χ4n) is 8.87. The van der Waals surface area contributed by atoms with Gasteiger partial charge in [-0.1, -0.05) is 134 Å². The van der Waals surface area contributed by atoms with Crippen molar-refractivity contribution < 1.29 is 21.5 Å². The van der Waals surface area contributed by atoms with E-state index in [0.717, 1.165) is 77.7 Å². The number of benzene rings is 5. The molecule has 2 saturated carbocycles. The van der Waals surface area contributed by atoms with Crippen LogP contribution in [0.1, 0.15) is 92.4 Å². The Morgan fingerprint density at radius 1 is 0.589 bits per heavy atom. The molecule has 2 aliphatic carbocycles. The number of nitrogens with zero attached hydrogens (tertiary/aromatic N) is 2. The molecule has 0 spiro atoms. The first-order valence-electron chi connectivity index (χ1n) is 20.7. The minimum atomic E-state index is -0.581. The van der Waals surface area contributed by atoms with Gasteiger partial charge in [0.1, 0.15) is 0 Å². The molecule has 0 saturated heterocycles. The van der Waals surface area contributed by atoms with Crippen molar-refractivity contribution in [2.45, 2.75) is 82.9 Å². The quantitative estimate of drug-likeness (QED) is 0.128. The van der Waals surface area contributed by atoms with Crippen LogP contribution >= 0.6 is 0 Å². The van der Waals surface area contributed by atoms with E-state index in [1.54, 1.807) is 0 Å². The van der Waals surface area contributed by atoms with Gasteiger partial charge in [0.15, 0.2) is 0 Å². The Labute approximate surface area is 348 Å². The molecular formula is C53H48IrN2-2. The van der Waals surface area contributed by atoms with Crippen LogP contribution in [0.3, 0.4) is 0 Å². The summed E-state index contributed by atoms with van der Waals surface area (Å²) in [7, 11) is 0.